The van der Waals surface area contributed by atoms with E-state index in [4.69, 9.17) is 23.1 Å². The summed E-state index contributed by atoms with van der Waals surface area (Å²) in [6, 6.07) is 13.3. The fraction of sp³-hybridized carbons (Fsp3) is 0.323. The molecule has 0 radical (unpaired) electrons. The van der Waals surface area contributed by atoms with E-state index in [1.807, 2.05) is 50.5 Å². The molecule has 0 fully saturated rings. The first-order chi connectivity index (χ1) is 20.5. The molecule has 2 aliphatic rings. The van der Waals surface area contributed by atoms with Crippen LogP contribution in [-0.4, -0.2) is 67.9 Å². The Morgan fingerprint density at radius 3 is 1.77 bits per heavy atom. The van der Waals surface area contributed by atoms with E-state index in [0.717, 1.165) is 46.9 Å². The van der Waals surface area contributed by atoms with Crippen LogP contribution in [-0.2, 0) is 26.9 Å². The van der Waals surface area contributed by atoms with Crippen LogP contribution in [0.5, 0.6) is 0 Å². The zero-order valence-corrected chi connectivity index (χ0v) is 25.2. The number of fused-ring (bicyclic) bond motifs is 2. The first-order valence-corrected chi connectivity index (χ1v) is 14.4. The highest BCUT2D eigenvalue weighted by Crippen LogP contribution is 2.43. The third-order valence-electron chi connectivity index (χ3n) is 8.85. The molecule has 4 heterocycles. The molecule has 0 spiro atoms. The van der Waals surface area contributed by atoms with Gasteiger partial charge >= 0.3 is 0 Å². The highest BCUT2D eigenvalue weighted by atomic mass is 35.5. The summed E-state index contributed by atoms with van der Waals surface area (Å²) in [4.78, 5) is 37.8. The molecule has 2 aromatic carbocycles. The molecular formula is C31H32ClN9O2. The number of imidazole rings is 2. The Morgan fingerprint density at radius 2 is 1.28 bits per heavy atom. The molecule has 2 aliphatic heterocycles. The minimum absolute atomic E-state index is 0.195. The first kappa shape index (κ1) is 28.6. The number of primary amides is 2. The Hall–Kier alpha value is -4.50. The molecule has 43 heavy (non-hydrogen) atoms. The van der Waals surface area contributed by atoms with Crippen LogP contribution in [0.15, 0.2) is 36.4 Å². The van der Waals surface area contributed by atoms with Gasteiger partial charge in [0.1, 0.15) is 6.07 Å². The summed E-state index contributed by atoms with van der Waals surface area (Å²) in [5, 5.41) is 11.1. The predicted molar refractivity (Wildman–Crippen MR) is 161 cm³/mol. The lowest BCUT2D eigenvalue weighted by molar-refractivity contribution is 0.0979. The van der Waals surface area contributed by atoms with Crippen LogP contribution < -0.4 is 11.5 Å². The molecule has 0 bridgehead atoms. The molecule has 2 atom stereocenters. The molecule has 2 unspecified atom stereocenters. The summed E-state index contributed by atoms with van der Waals surface area (Å²) < 4.78 is 3.52. The number of hydrogen-bond donors (Lipinski definition) is 2. The lowest BCUT2D eigenvalue weighted by Crippen LogP contribution is -2.34. The average molecular weight is 598 g/mol. The van der Waals surface area contributed by atoms with Crippen LogP contribution in [0, 0.1) is 11.3 Å². The summed E-state index contributed by atoms with van der Waals surface area (Å²) in [6.45, 7) is 1.46. The van der Waals surface area contributed by atoms with E-state index < -0.39 is 11.8 Å². The van der Waals surface area contributed by atoms with E-state index in [1.54, 1.807) is 23.2 Å². The lowest BCUT2D eigenvalue weighted by Gasteiger charge is -2.34. The second kappa shape index (κ2) is 10.6. The number of nitriles is 1. The van der Waals surface area contributed by atoms with Crippen molar-refractivity contribution in [2.24, 2.45) is 25.6 Å². The van der Waals surface area contributed by atoms with Crippen molar-refractivity contribution in [1.82, 2.24) is 28.9 Å². The van der Waals surface area contributed by atoms with E-state index >= 15 is 0 Å². The van der Waals surface area contributed by atoms with Crippen molar-refractivity contribution in [3.63, 3.8) is 0 Å². The van der Waals surface area contributed by atoms with Crippen LogP contribution >= 0.6 is 11.6 Å². The molecule has 0 saturated heterocycles. The Kier molecular flexibility index (Phi) is 7.08. The highest BCUT2D eigenvalue weighted by molar-refractivity contribution is 6.34. The van der Waals surface area contributed by atoms with Gasteiger partial charge in [-0.1, -0.05) is 48.0 Å². The van der Waals surface area contributed by atoms with Crippen LogP contribution in [0.25, 0.3) is 11.1 Å². The van der Waals surface area contributed by atoms with Gasteiger partial charge in [0.2, 0.25) is 0 Å². The van der Waals surface area contributed by atoms with E-state index in [0.29, 0.717) is 34.7 Å². The number of aromatic nitrogens is 4. The predicted octanol–water partition coefficient (Wildman–Crippen LogP) is 2.70. The Labute approximate surface area is 254 Å². The molecule has 2 aromatic heterocycles. The molecule has 4 N–H and O–H groups in total. The normalized spacial score (nSPS) is 18.6. The SMILES string of the molecule is CN1CCc2c(nc(C(N)=O)n2C)C1c1cccc(-c2cccc(C3c4nc(C(N)=O)n(C)c4CCN3C)c2C#N)c1Cl. The molecule has 6 rings (SSSR count). The van der Waals surface area contributed by atoms with Gasteiger partial charge in [-0.25, -0.2) is 9.97 Å². The summed E-state index contributed by atoms with van der Waals surface area (Å²) in [5.74, 6) is -0.772. The number of carbonyl (C=O) groups is 2. The second-order valence-corrected chi connectivity index (χ2v) is 11.6. The number of likely N-dealkylation sites (N-methyl/N-ethyl adjacent to an activating group) is 2. The molecule has 2 amide bonds. The molecule has 0 aliphatic carbocycles. The Morgan fingerprint density at radius 1 is 0.814 bits per heavy atom. The lowest BCUT2D eigenvalue weighted by atomic mass is 9.87. The maximum absolute atomic E-state index is 12.1. The summed E-state index contributed by atoms with van der Waals surface area (Å²) in [7, 11) is 7.58. The second-order valence-electron chi connectivity index (χ2n) is 11.2. The number of hydrogen-bond acceptors (Lipinski definition) is 7. The number of nitrogens with two attached hydrogens (primary N) is 2. The van der Waals surface area contributed by atoms with Gasteiger partial charge in [-0.2, -0.15) is 5.26 Å². The molecule has 11 nitrogen and oxygen atoms in total. The fourth-order valence-corrected chi connectivity index (χ4v) is 7.03. The van der Waals surface area contributed by atoms with E-state index in [2.05, 4.69) is 25.8 Å². The number of carbonyl (C=O) groups excluding carboxylic acids is 2. The fourth-order valence-electron chi connectivity index (χ4n) is 6.70. The topological polar surface area (TPSA) is 152 Å². The number of nitrogens with zero attached hydrogens (tertiary/aromatic N) is 7. The van der Waals surface area contributed by atoms with Crippen LogP contribution in [0.2, 0.25) is 5.02 Å². The van der Waals surface area contributed by atoms with E-state index in [-0.39, 0.29) is 23.7 Å². The number of rotatable bonds is 5. The van der Waals surface area contributed by atoms with Gasteiger partial charge < -0.3 is 20.6 Å². The van der Waals surface area contributed by atoms with Gasteiger partial charge in [-0.05, 0) is 25.2 Å². The van der Waals surface area contributed by atoms with Crippen molar-refractivity contribution in [2.45, 2.75) is 24.9 Å². The number of halogens is 1. The maximum Gasteiger partial charge on any atom is 0.284 e. The zero-order valence-electron chi connectivity index (χ0n) is 24.4. The largest absolute Gasteiger partial charge is 0.363 e. The molecular weight excluding hydrogens is 566 g/mol. The van der Waals surface area contributed by atoms with Gasteiger partial charge in [-0.3, -0.25) is 19.4 Å². The van der Waals surface area contributed by atoms with Crippen molar-refractivity contribution in [1.29, 1.82) is 5.26 Å². The van der Waals surface area contributed by atoms with Gasteiger partial charge in [-0.15, -0.1) is 0 Å². The maximum atomic E-state index is 12.1. The average Bonchev–Trinajstić information content (AvgIpc) is 3.49. The Balaban J connectivity index is 1.50. The van der Waals surface area contributed by atoms with Crippen molar-refractivity contribution >= 4 is 23.4 Å². The van der Waals surface area contributed by atoms with Gasteiger partial charge in [0.15, 0.2) is 11.6 Å². The minimum atomic E-state index is -0.595. The zero-order chi connectivity index (χ0) is 30.7. The van der Waals surface area contributed by atoms with Crippen molar-refractivity contribution < 1.29 is 9.59 Å². The molecule has 0 saturated carbocycles. The molecule has 220 valence electrons. The molecule has 12 heteroatoms. The van der Waals surface area contributed by atoms with Crippen LogP contribution in [0.3, 0.4) is 0 Å². The summed E-state index contributed by atoms with van der Waals surface area (Å²) >= 11 is 7.21. The van der Waals surface area contributed by atoms with Gasteiger partial charge in [0.05, 0.1) is 34.1 Å². The summed E-state index contributed by atoms with van der Waals surface area (Å²) in [5.41, 5.74) is 18.0. The van der Waals surface area contributed by atoms with Gasteiger partial charge in [0, 0.05) is 62.5 Å². The monoisotopic (exact) mass is 597 g/mol. The number of benzene rings is 2. The third kappa shape index (κ3) is 4.41. The van der Waals surface area contributed by atoms with Crippen molar-refractivity contribution in [3.05, 3.63) is 92.5 Å². The standard InChI is InChI=1S/C31H32ClN9O2/c1-38-13-11-21-24(36-30(28(34)42)40(21)3)26(38)18-9-5-7-16(20(18)15-33)17-8-6-10-19(23(17)32)27-25-22(12-14-39(27)2)41(4)31(37-25)29(35)43/h5-10,26-27H,11-14H2,1-4H3,(H2,34,42)(H2,35,43). The smallest absolute Gasteiger partial charge is 0.284 e. The van der Waals surface area contributed by atoms with Crippen molar-refractivity contribution in [2.75, 3.05) is 27.2 Å². The van der Waals surface area contributed by atoms with E-state index in [9.17, 15) is 14.9 Å². The van der Waals surface area contributed by atoms with Gasteiger partial charge in [0.25, 0.3) is 11.8 Å². The minimum Gasteiger partial charge on any atom is -0.363 e. The summed E-state index contributed by atoms with van der Waals surface area (Å²) in [6.07, 6.45) is 1.43. The van der Waals surface area contributed by atoms with Crippen LogP contribution in [0.4, 0.5) is 0 Å². The first-order valence-electron chi connectivity index (χ1n) is 14.0. The van der Waals surface area contributed by atoms with Crippen molar-refractivity contribution in [3.8, 4) is 17.2 Å². The highest BCUT2D eigenvalue weighted by Gasteiger charge is 2.36. The molecule has 4 aromatic rings. The Bertz CT molecular complexity index is 1850. The third-order valence-corrected chi connectivity index (χ3v) is 9.27. The quantitative estimate of drug-likeness (QED) is 0.359. The number of amides is 2. The van der Waals surface area contributed by atoms with Crippen LogP contribution in [0.1, 0.15) is 72.8 Å². The van der Waals surface area contributed by atoms with E-state index in [1.165, 1.54) is 0 Å².